The molecule has 0 amide bonds. The van der Waals surface area contributed by atoms with Crippen LogP contribution in [-0.2, 0) is 23.6 Å². The van der Waals surface area contributed by atoms with Gasteiger partial charge in [-0.25, -0.2) is 4.39 Å². The van der Waals surface area contributed by atoms with Crippen molar-refractivity contribution in [3.05, 3.63) is 93.2 Å². The first-order chi connectivity index (χ1) is 13.8. The molecule has 0 fully saturated rings. The van der Waals surface area contributed by atoms with Crippen molar-refractivity contribution < 1.29 is 8.60 Å². The Kier molecular flexibility index (Phi) is 5.04. The smallest absolute Gasteiger partial charge is 0.250 e. The number of rotatable bonds is 3. The second-order valence-electron chi connectivity index (χ2n) is 7.35. The Hall–Kier alpha value is -2.86. The average molecular weight is 408 g/mol. The van der Waals surface area contributed by atoms with Crippen LogP contribution in [0.1, 0.15) is 35.2 Å². The highest BCUT2D eigenvalue weighted by Gasteiger charge is 2.24. The van der Waals surface area contributed by atoms with Gasteiger partial charge >= 0.3 is 0 Å². The lowest BCUT2D eigenvalue weighted by atomic mass is 9.91. The van der Waals surface area contributed by atoms with Gasteiger partial charge in [0.05, 0.1) is 11.8 Å². The highest BCUT2D eigenvalue weighted by atomic mass is 32.2. The standard InChI is InChI=1S/C23H21FN2O2S/c1-14-19-11-22(27)26(2)12-21(19)20-10-15(13-29(3)28)4-9-18(20)23(25-14)16-5-7-17(24)8-6-16/h4-12,14H,13H2,1-3H3/t14-,29?/m0/s1. The molecule has 1 aromatic heterocycles. The van der Waals surface area contributed by atoms with E-state index in [1.807, 2.05) is 31.3 Å². The molecule has 0 N–H and O–H groups in total. The highest BCUT2D eigenvalue weighted by Crippen LogP contribution is 2.37. The van der Waals surface area contributed by atoms with Gasteiger partial charge in [-0.1, -0.05) is 12.1 Å². The topological polar surface area (TPSA) is 51.4 Å². The van der Waals surface area contributed by atoms with Gasteiger partial charge in [-0.2, -0.15) is 0 Å². The largest absolute Gasteiger partial charge is 0.318 e. The maximum absolute atomic E-state index is 13.5. The third kappa shape index (κ3) is 3.72. The minimum atomic E-state index is -0.969. The zero-order valence-corrected chi connectivity index (χ0v) is 17.3. The predicted octanol–water partition coefficient (Wildman–Crippen LogP) is 3.98. The fraction of sp³-hybridized carbons (Fsp3) is 0.217. The molecule has 1 aliphatic heterocycles. The van der Waals surface area contributed by atoms with E-state index in [1.54, 1.807) is 36.1 Å². The second kappa shape index (κ2) is 7.52. The molecule has 4 rings (SSSR count). The summed E-state index contributed by atoms with van der Waals surface area (Å²) < 4.78 is 26.8. The van der Waals surface area contributed by atoms with Gasteiger partial charge in [-0.15, -0.1) is 0 Å². The van der Waals surface area contributed by atoms with Crippen LogP contribution < -0.4 is 5.56 Å². The van der Waals surface area contributed by atoms with Crippen LogP contribution in [0.2, 0.25) is 0 Å². The number of aromatic nitrogens is 1. The Morgan fingerprint density at radius 3 is 2.48 bits per heavy atom. The minimum absolute atomic E-state index is 0.0941. The van der Waals surface area contributed by atoms with Crippen LogP contribution in [0.3, 0.4) is 0 Å². The summed E-state index contributed by atoms with van der Waals surface area (Å²) in [4.78, 5) is 17.2. The van der Waals surface area contributed by atoms with Crippen LogP contribution in [0, 0.1) is 5.82 Å². The molecule has 0 radical (unpaired) electrons. The third-order valence-electron chi connectivity index (χ3n) is 5.15. The number of halogens is 1. The number of benzene rings is 2. The first kappa shape index (κ1) is 19.5. The molecule has 0 spiro atoms. The molecule has 2 atom stereocenters. The van der Waals surface area contributed by atoms with E-state index in [4.69, 9.17) is 4.99 Å². The molecule has 0 saturated heterocycles. The Labute approximate surface area is 171 Å². The van der Waals surface area contributed by atoms with Crippen molar-refractivity contribution in [2.45, 2.75) is 18.7 Å². The Bertz CT molecular complexity index is 1210. The summed E-state index contributed by atoms with van der Waals surface area (Å²) in [6.07, 6.45) is 3.51. The van der Waals surface area contributed by atoms with Crippen molar-refractivity contribution in [2.75, 3.05) is 6.26 Å². The maximum Gasteiger partial charge on any atom is 0.250 e. The molecule has 148 valence electrons. The molecule has 1 unspecified atom stereocenters. The zero-order valence-electron chi connectivity index (χ0n) is 16.5. The molecule has 0 bridgehead atoms. The van der Waals surface area contributed by atoms with Gasteiger partial charge in [-0.3, -0.25) is 14.0 Å². The number of fused-ring (bicyclic) bond motifs is 3. The number of aliphatic imine (C=N–C) groups is 1. The number of pyridine rings is 1. The summed E-state index contributed by atoms with van der Waals surface area (Å²) in [6.45, 7) is 1.95. The molecule has 6 heteroatoms. The van der Waals surface area contributed by atoms with Gasteiger partial charge in [0.15, 0.2) is 0 Å². The van der Waals surface area contributed by atoms with Crippen molar-refractivity contribution >= 4 is 16.5 Å². The average Bonchev–Trinajstić information content (AvgIpc) is 2.78. The molecule has 3 aromatic rings. The SMILES string of the molecule is C[C@@H]1N=C(c2ccc(F)cc2)c2ccc(CS(C)=O)cc2-c2cn(C)c(=O)cc21. The predicted molar refractivity (Wildman–Crippen MR) is 115 cm³/mol. The van der Waals surface area contributed by atoms with E-state index in [0.717, 1.165) is 39.1 Å². The molecule has 4 nitrogen and oxygen atoms in total. The fourth-order valence-corrected chi connectivity index (χ4v) is 4.38. The van der Waals surface area contributed by atoms with E-state index < -0.39 is 10.8 Å². The number of nitrogens with zero attached hydrogens (tertiary/aromatic N) is 2. The van der Waals surface area contributed by atoms with Crippen molar-refractivity contribution in [1.82, 2.24) is 4.57 Å². The number of aryl methyl sites for hydroxylation is 1. The molecule has 1 aliphatic rings. The van der Waals surface area contributed by atoms with Crippen molar-refractivity contribution in [1.29, 1.82) is 0 Å². The molecule has 0 aliphatic carbocycles. The van der Waals surface area contributed by atoms with Crippen molar-refractivity contribution in [3.8, 4) is 11.1 Å². The lowest BCUT2D eigenvalue weighted by Crippen LogP contribution is -2.17. The van der Waals surface area contributed by atoms with Crippen LogP contribution in [0.5, 0.6) is 0 Å². The van der Waals surface area contributed by atoms with E-state index in [-0.39, 0.29) is 17.4 Å². The van der Waals surface area contributed by atoms with Gasteiger partial charge in [-0.05, 0) is 53.9 Å². The van der Waals surface area contributed by atoms with E-state index in [9.17, 15) is 13.4 Å². The fourth-order valence-electron chi connectivity index (χ4n) is 3.73. The van der Waals surface area contributed by atoms with Crippen LogP contribution in [0.4, 0.5) is 4.39 Å². The van der Waals surface area contributed by atoms with Crippen LogP contribution in [0.25, 0.3) is 11.1 Å². The van der Waals surface area contributed by atoms with E-state index >= 15 is 0 Å². The quantitative estimate of drug-likeness (QED) is 0.658. The normalized spacial score (nSPS) is 16.4. The third-order valence-corrected chi connectivity index (χ3v) is 5.89. The molecule has 2 heterocycles. The Morgan fingerprint density at radius 1 is 1.07 bits per heavy atom. The second-order valence-corrected chi connectivity index (χ2v) is 8.78. The monoisotopic (exact) mass is 408 g/mol. The number of hydrogen-bond donors (Lipinski definition) is 0. The zero-order chi connectivity index (χ0) is 20.7. The summed E-state index contributed by atoms with van der Waals surface area (Å²) in [5.41, 5.74) is 6.05. The van der Waals surface area contributed by atoms with E-state index in [1.165, 1.54) is 12.1 Å². The summed E-state index contributed by atoms with van der Waals surface area (Å²) in [5.74, 6) is 0.149. The van der Waals surface area contributed by atoms with Crippen molar-refractivity contribution in [2.24, 2.45) is 12.0 Å². The minimum Gasteiger partial charge on any atom is -0.318 e. The lowest BCUT2D eigenvalue weighted by Gasteiger charge is -2.14. The van der Waals surface area contributed by atoms with Gasteiger partial charge < -0.3 is 4.57 Å². The first-order valence-corrected chi connectivity index (χ1v) is 11.0. The highest BCUT2D eigenvalue weighted by molar-refractivity contribution is 7.83. The Morgan fingerprint density at radius 2 is 1.79 bits per heavy atom. The van der Waals surface area contributed by atoms with Crippen LogP contribution in [0.15, 0.2) is 64.5 Å². The van der Waals surface area contributed by atoms with Crippen LogP contribution in [-0.4, -0.2) is 20.7 Å². The van der Waals surface area contributed by atoms with E-state index in [2.05, 4.69) is 0 Å². The molecule has 0 saturated carbocycles. The Balaban J connectivity index is 2.02. The van der Waals surface area contributed by atoms with Gasteiger partial charge in [0.2, 0.25) is 0 Å². The van der Waals surface area contributed by atoms with Crippen LogP contribution >= 0.6 is 0 Å². The number of hydrogen-bond acceptors (Lipinski definition) is 3. The van der Waals surface area contributed by atoms with E-state index in [0.29, 0.717) is 5.75 Å². The summed E-state index contributed by atoms with van der Waals surface area (Å²) in [7, 11) is 0.758. The van der Waals surface area contributed by atoms with Gasteiger partial charge in [0.25, 0.3) is 5.56 Å². The summed E-state index contributed by atoms with van der Waals surface area (Å²) in [5, 5.41) is 0. The van der Waals surface area contributed by atoms with Gasteiger partial charge in [0.1, 0.15) is 5.82 Å². The lowest BCUT2D eigenvalue weighted by molar-refractivity contribution is 0.628. The summed E-state index contributed by atoms with van der Waals surface area (Å²) in [6, 6.07) is 13.6. The molecule has 2 aromatic carbocycles. The first-order valence-electron chi connectivity index (χ1n) is 9.31. The molecular weight excluding hydrogens is 387 g/mol. The molecular formula is C23H21FN2O2S. The maximum atomic E-state index is 13.5. The molecule has 29 heavy (non-hydrogen) atoms. The van der Waals surface area contributed by atoms with Crippen molar-refractivity contribution in [3.63, 3.8) is 0 Å². The summed E-state index contributed by atoms with van der Waals surface area (Å²) >= 11 is 0. The van der Waals surface area contributed by atoms with Gasteiger partial charge in [0, 0.05) is 58.8 Å².